The van der Waals surface area contributed by atoms with Crippen LogP contribution in [0.3, 0.4) is 0 Å². The van der Waals surface area contributed by atoms with Crippen LogP contribution in [0.15, 0.2) is 16.1 Å². The zero-order valence-corrected chi connectivity index (χ0v) is 13.9. The van der Waals surface area contributed by atoms with Gasteiger partial charge in [0.1, 0.15) is 5.84 Å². The minimum Gasteiger partial charge on any atom is -0.378 e. The molecule has 1 aromatic heterocycles. The van der Waals surface area contributed by atoms with Crippen LogP contribution in [0.5, 0.6) is 0 Å². The van der Waals surface area contributed by atoms with Crippen molar-refractivity contribution in [2.24, 2.45) is 9.98 Å². The number of rotatable bonds is 3. The summed E-state index contributed by atoms with van der Waals surface area (Å²) in [5, 5.41) is 4.61. The molecule has 2 saturated heterocycles. The van der Waals surface area contributed by atoms with Crippen molar-refractivity contribution < 1.29 is 4.74 Å². The molecule has 22 heavy (non-hydrogen) atoms. The zero-order chi connectivity index (χ0) is 15.4. The van der Waals surface area contributed by atoms with E-state index in [1.165, 1.54) is 5.00 Å². The van der Waals surface area contributed by atoms with Gasteiger partial charge in [0.2, 0.25) is 0 Å². The fourth-order valence-corrected chi connectivity index (χ4v) is 4.08. The number of ether oxygens (including phenoxy) is 1. The van der Waals surface area contributed by atoms with Crippen molar-refractivity contribution >= 4 is 34.6 Å². The maximum absolute atomic E-state index is 5.44. The van der Waals surface area contributed by atoms with E-state index in [0.717, 1.165) is 68.9 Å². The maximum atomic E-state index is 5.44. The number of nitrogens with one attached hydrogen (secondary N) is 1. The number of hydrogen-bond donors (Lipinski definition) is 1. The number of hydrogen-bond acceptors (Lipinski definition) is 6. The molecule has 7 heteroatoms. The molecule has 3 heterocycles. The Kier molecular flexibility index (Phi) is 5.07. The van der Waals surface area contributed by atoms with Gasteiger partial charge in [-0.3, -0.25) is 9.98 Å². The Morgan fingerprint density at radius 3 is 2.64 bits per heavy atom. The average Bonchev–Trinajstić information content (AvgIpc) is 3.01. The summed E-state index contributed by atoms with van der Waals surface area (Å²) in [6.07, 6.45) is 0. The zero-order valence-electron chi connectivity index (χ0n) is 13.0. The lowest BCUT2D eigenvalue weighted by molar-refractivity contribution is 0.123. The summed E-state index contributed by atoms with van der Waals surface area (Å²) >= 11 is 1.76. The highest BCUT2D eigenvalue weighted by Crippen LogP contribution is 2.37. The number of nitrogens with zero attached hydrogens (tertiary/aromatic N) is 4. The standard InChI is InChI=1S/C15H23N5OS/c1-16-12-11-13(19-7-9-21-10-8-19)22-14(12)15(17-2)20-5-3-18-4-6-20/h11,18H,1,3-10H2,2H3. The molecule has 0 amide bonds. The molecule has 0 saturated carbocycles. The predicted octanol–water partition coefficient (Wildman–Crippen LogP) is 1.20. The Bertz CT molecular complexity index is 544. The topological polar surface area (TPSA) is 52.5 Å². The number of thiophene rings is 1. The maximum Gasteiger partial charge on any atom is 0.143 e. The van der Waals surface area contributed by atoms with E-state index in [4.69, 9.17) is 4.74 Å². The van der Waals surface area contributed by atoms with Gasteiger partial charge in [0.25, 0.3) is 0 Å². The highest BCUT2D eigenvalue weighted by Gasteiger charge is 2.23. The second-order valence-corrected chi connectivity index (χ2v) is 6.37. The van der Waals surface area contributed by atoms with E-state index in [1.807, 2.05) is 7.05 Å². The predicted molar refractivity (Wildman–Crippen MR) is 93.5 cm³/mol. The molecule has 0 bridgehead atoms. The van der Waals surface area contributed by atoms with Crippen molar-refractivity contribution in [1.82, 2.24) is 10.2 Å². The number of piperazine rings is 1. The van der Waals surface area contributed by atoms with Gasteiger partial charge in [0.05, 0.1) is 28.8 Å². The molecule has 0 atom stereocenters. The first-order valence-electron chi connectivity index (χ1n) is 7.69. The van der Waals surface area contributed by atoms with Crippen LogP contribution in [0.25, 0.3) is 0 Å². The molecule has 1 aromatic rings. The van der Waals surface area contributed by atoms with Crippen molar-refractivity contribution in [2.75, 3.05) is 64.4 Å². The molecule has 1 N–H and O–H groups in total. The van der Waals surface area contributed by atoms with Crippen molar-refractivity contribution in [3.8, 4) is 0 Å². The lowest BCUT2D eigenvalue weighted by Gasteiger charge is -2.30. The van der Waals surface area contributed by atoms with Crippen molar-refractivity contribution in [1.29, 1.82) is 0 Å². The molecular formula is C15H23N5OS. The smallest absolute Gasteiger partial charge is 0.143 e. The fourth-order valence-electron chi connectivity index (χ4n) is 2.85. The molecular weight excluding hydrogens is 298 g/mol. The SMILES string of the molecule is C=Nc1cc(N2CCOCC2)sc1C(=NC)N1CCNCC1. The van der Waals surface area contributed by atoms with Crippen molar-refractivity contribution in [2.45, 2.75) is 0 Å². The first-order valence-corrected chi connectivity index (χ1v) is 8.51. The summed E-state index contributed by atoms with van der Waals surface area (Å²) in [5.74, 6) is 1.04. The average molecular weight is 321 g/mol. The summed E-state index contributed by atoms with van der Waals surface area (Å²) < 4.78 is 5.44. The molecule has 0 radical (unpaired) electrons. The first-order chi connectivity index (χ1) is 10.8. The Morgan fingerprint density at radius 2 is 2.00 bits per heavy atom. The quantitative estimate of drug-likeness (QED) is 0.671. The van der Waals surface area contributed by atoms with E-state index < -0.39 is 0 Å². The first kappa shape index (κ1) is 15.5. The largest absolute Gasteiger partial charge is 0.378 e. The number of anilines is 1. The summed E-state index contributed by atoms with van der Waals surface area (Å²) in [6.45, 7) is 11.1. The number of amidine groups is 1. The summed E-state index contributed by atoms with van der Waals surface area (Å²) in [7, 11) is 1.86. The molecule has 0 spiro atoms. The molecule has 2 aliphatic rings. The van der Waals surface area contributed by atoms with Gasteiger partial charge in [0.15, 0.2) is 0 Å². The monoisotopic (exact) mass is 321 g/mol. The van der Waals surface area contributed by atoms with E-state index in [9.17, 15) is 0 Å². The van der Waals surface area contributed by atoms with Gasteiger partial charge in [-0.25, -0.2) is 0 Å². The van der Waals surface area contributed by atoms with E-state index >= 15 is 0 Å². The Morgan fingerprint density at radius 1 is 1.27 bits per heavy atom. The second kappa shape index (κ2) is 7.21. The van der Waals surface area contributed by atoms with Gasteiger partial charge in [-0.1, -0.05) is 0 Å². The van der Waals surface area contributed by atoms with Crippen LogP contribution < -0.4 is 10.2 Å². The van der Waals surface area contributed by atoms with Crippen LogP contribution in [-0.2, 0) is 4.74 Å². The van der Waals surface area contributed by atoms with Crippen LogP contribution in [0.1, 0.15) is 4.88 Å². The summed E-state index contributed by atoms with van der Waals surface area (Å²) in [6, 6.07) is 2.13. The van der Waals surface area contributed by atoms with Gasteiger partial charge in [-0.2, -0.15) is 0 Å². The molecule has 2 aliphatic heterocycles. The molecule has 6 nitrogen and oxygen atoms in total. The third kappa shape index (κ3) is 3.16. The van der Waals surface area contributed by atoms with Crippen molar-refractivity contribution in [3.05, 3.63) is 10.9 Å². The molecule has 2 fully saturated rings. The molecule has 0 aliphatic carbocycles. The molecule has 3 rings (SSSR count). The third-order valence-corrected chi connectivity index (χ3v) is 5.21. The minimum absolute atomic E-state index is 0.788. The fraction of sp³-hybridized carbons (Fsp3) is 0.600. The van der Waals surface area contributed by atoms with Gasteiger partial charge >= 0.3 is 0 Å². The van der Waals surface area contributed by atoms with E-state index in [1.54, 1.807) is 11.3 Å². The van der Waals surface area contributed by atoms with Gasteiger partial charge in [0, 0.05) is 46.3 Å². The highest BCUT2D eigenvalue weighted by atomic mass is 32.1. The Balaban J connectivity index is 1.87. The second-order valence-electron chi connectivity index (χ2n) is 5.34. The van der Waals surface area contributed by atoms with Crippen LogP contribution in [0, 0.1) is 0 Å². The third-order valence-electron chi connectivity index (χ3n) is 4.02. The lowest BCUT2D eigenvalue weighted by Crippen LogP contribution is -2.46. The van der Waals surface area contributed by atoms with Crippen LogP contribution >= 0.6 is 11.3 Å². The Labute approximate surface area is 135 Å². The summed E-state index contributed by atoms with van der Waals surface area (Å²) in [4.78, 5) is 14.6. The van der Waals surface area contributed by atoms with E-state index in [2.05, 4.69) is 37.9 Å². The number of aliphatic imine (C=N–C) groups is 2. The van der Waals surface area contributed by atoms with E-state index in [-0.39, 0.29) is 0 Å². The molecule has 0 unspecified atom stereocenters. The lowest BCUT2D eigenvalue weighted by atomic mass is 10.3. The van der Waals surface area contributed by atoms with Crippen LogP contribution in [-0.4, -0.2) is 77.0 Å². The van der Waals surface area contributed by atoms with Crippen LogP contribution in [0.4, 0.5) is 10.7 Å². The highest BCUT2D eigenvalue weighted by molar-refractivity contribution is 7.18. The van der Waals surface area contributed by atoms with Gasteiger partial charge < -0.3 is 19.9 Å². The van der Waals surface area contributed by atoms with Crippen LogP contribution in [0.2, 0.25) is 0 Å². The Hall–Kier alpha value is -1.44. The number of morpholine rings is 1. The van der Waals surface area contributed by atoms with Gasteiger partial charge in [-0.15, -0.1) is 11.3 Å². The minimum atomic E-state index is 0.788. The van der Waals surface area contributed by atoms with E-state index in [0.29, 0.717) is 0 Å². The van der Waals surface area contributed by atoms with Crippen molar-refractivity contribution in [3.63, 3.8) is 0 Å². The normalized spacial score (nSPS) is 20.3. The summed E-state index contributed by atoms with van der Waals surface area (Å²) in [5.41, 5.74) is 0.936. The van der Waals surface area contributed by atoms with Gasteiger partial charge in [-0.05, 0) is 12.8 Å². The molecule has 0 aromatic carbocycles. The molecule has 120 valence electrons.